The van der Waals surface area contributed by atoms with Crippen molar-refractivity contribution in [3.63, 3.8) is 0 Å². The van der Waals surface area contributed by atoms with Crippen LogP contribution in [0, 0.1) is 6.92 Å². The number of nitrogen functional groups attached to an aromatic ring is 1. The second-order valence-electron chi connectivity index (χ2n) is 7.13. The van der Waals surface area contributed by atoms with Crippen LogP contribution in [0.1, 0.15) is 43.8 Å². The number of benzene rings is 2. The van der Waals surface area contributed by atoms with Gasteiger partial charge in [0, 0.05) is 16.6 Å². The van der Waals surface area contributed by atoms with Crippen molar-refractivity contribution >= 4 is 56.8 Å². The number of hydrogen-bond acceptors (Lipinski definition) is 5. The molecule has 0 unspecified atom stereocenters. The molecule has 0 saturated carbocycles. The first-order chi connectivity index (χ1) is 15.0. The number of aromatic nitrogens is 1. The van der Waals surface area contributed by atoms with Crippen molar-refractivity contribution < 1.29 is 9.59 Å². The highest BCUT2D eigenvalue weighted by Crippen LogP contribution is 2.38. The zero-order valence-electron chi connectivity index (χ0n) is 17.2. The lowest BCUT2D eigenvalue weighted by molar-refractivity contribution is 0.101. The van der Waals surface area contributed by atoms with Crippen molar-refractivity contribution in [1.82, 2.24) is 4.98 Å². The van der Waals surface area contributed by atoms with Crippen molar-refractivity contribution in [1.29, 1.82) is 0 Å². The van der Waals surface area contributed by atoms with Gasteiger partial charge in [0.1, 0.15) is 9.71 Å². The number of nitrogens with one attached hydrogen (secondary N) is 1. The Morgan fingerprint density at radius 3 is 2.29 bits per heavy atom. The normalized spacial score (nSPS) is 11.2. The number of fused-ring (bicyclic) bond motifs is 1. The largest absolute Gasteiger partial charge is 0.397 e. The number of rotatable bonds is 5. The molecule has 4 aromatic rings. The maximum absolute atomic E-state index is 12.9. The number of nitrogens with two attached hydrogens (primary N) is 1. The van der Waals surface area contributed by atoms with Gasteiger partial charge in [0.2, 0.25) is 0 Å². The maximum Gasteiger partial charge on any atom is 0.267 e. The first kappa shape index (κ1) is 20.5. The lowest BCUT2D eigenvalue weighted by Crippen LogP contribution is -2.11. The molecular formula is C25H21N3O2S. The number of thiophene rings is 1. The molecule has 0 spiro atoms. The Labute approximate surface area is 184 Å². The van der Waals surface area contributed by atoms with Crippen molar-refractivity contribution in [2.45, 2.75) is 13.8 Å². The van der Waals surface area contributed by atoms with Gasteiger partial charge < -0.3 is 11.1 Å². The number of ketones is 1. The minimum atomic E-state index is -0.299. The van der Waals surface area contributed by atoms with Crippen LogP contribution in [0.15, 0.2) is 60.7 Å². The van der Waals surface area contributed by atoms with Crippen LogP contribution in [0.3, 0.4) is 0 Å². The lowest BCUT2D eigenvalue weighted by Gasteiger charge is -2.09. The van der Waals surface area contributed by atoms with E-state index in [0.717, 1.165) is 5.56 Å². The molecule has 2 aromatic heterocycles. The third-order valence-electron chi connectivity index (χ3n) is 4.93. The quantitative estimate of drug-likeness (QED) is 0.394. The molecule has 0 fully saturated rings. The molecular weight excluding hydrogens is 406 g/mol. The van der Waals surface area contributed by atoms with Gasteiger partial charge in [-0.1, -0.05) is 60.7 Å². The average Bonchev–Trinajstić information content (AvgIpc) is 3.09. The van der Waals surface area contributed by atoms with Crippen LogP contribution in [0.4, 0.5) is 11.4 Å². The van der Waals surface area contributed by atoms with E-state index in [9.17, 15) is 9.59 Å². The molecule has 1 amide bonds. The predicted molar refractivity (Wildman–Crippen MR) is 129 cm³/mol. The molecule has 0 aliphatic carbocycles. The zero-order chi connectivity index (χ0) is 22.0. The smallest absolute Gasteiger partial charge is 0.267 e. The number of hydrogen-bond donors (Lipinski definition) is 2. The van der Waals surface area contributed by atoms with Gasteiger partial charge in [-0.3, -0.25) is 9.59 Å². The molecule has 5 nitrogen and oxygen atoms in total. The van der Waals surface area contributed by atoms with Crippen LogP contribution < -0.4 is 11.1 Å². The Kier molecular flexibility index (Phi) is 5.64. The van der Waals surface area contributed by atoms with Gasteiger partial charge in [0.25, 0.3) is 5.91 Å². The number of nitrogens with zero attached hydrogens (tertiary/aromatic N) is 1. The molecule has 0 radical (unpaired) electrons. The third-order valence-corrected chi connectivity index (χ3v) is 6.03. The fourth-order valence-electron chi connectivity index (χ4n) is 3.53. The predicted octanol–water partition coefficient (Wildman–Crippen LogP) is 5.81. The highest BCUT2D eigenvalue weighted by molar-refractivity contribution is 7.21. The highest BCUT2D eigenvalue weighted by Gasteiger charge is 2.23. The van der Waals surface area contributed by atoms with Gasteiger partial charge in [-0.25, -0.2) is 4.98 Å². The van der Waals surface area contributed by atoms with Crippen molar-refractivity contribution in [3.8, 4) is 0 Å². The van der Waals surface area contributed by atoms with Gasteiger partial charge in [0.15, 0.2) is 5.78 Å². The fraction of sp³-hybridized carbons (Fsp3) is 0.0800. The number of pyridine rings is 1. The van der Waals surface area contributed by atoms with Crippen LogP contribution in [-0.2, 0) is 0 Å². The molecule has 0 saturated heterocycles. The summed E-state index contributed by atoms with van der Waals surface area (Å²) in [6.07, 6.45) is 3.81. The minimum Gasteiger partial charge on any atom is -0.397 e. The van der Waals surface area contributed by atoms with Crippen LogP contribution in [0.25, 0.3) is 22.4 Å². The van der Waals surface area contributed by atoms with Gasteiger partial charge in [-0.05, 0) is 37.1 Å². The Morgan fingerprint density at radius 2 is 1.65 bits per heavy atom. The molecule has 2 aromatic carbocycles. The third kappa shape index (κ3) is 4.11. The number of carbonyl (C=O) groups excluding carboxylic acids is 2. The summed E-state index contributed by atoms with van der Waals surface area (Å²) in [5.74, 6) is -0.396. The van der Waals surface area contributed by atoms with E-state index >= 15 is 0 Å². The SMILES string of the molecule is CC(=O)c1c(C)nc2sc(C(=O)Nc3ccccc3)c(N)c2c1C=Cc1ccccc1. The van der Waals surface area contributed by atoms with Gasteiger partial charge in [-0.15, -0.1) is 11.3 Å². The Bertz CT molecular complexity index is 1310. The molecule has 6 heteroatoms. The summed E-state index contributed by atoms with van der Waals surface area (Å²) in [6, 6.07) is 19.0. The Hall–Kier alpha value is -3.77. The standard InChI is InChI=1S/C25H21N3O2S/c1-15-20(16(2)29)19(14-13-17-9-5-3-6-10-17)21-22(26)23(31-25(21)27-15)24(30)28-18-11-7-4-8-12-18/h3-14H,26H2,1-2H3,(H,28,30). The van der Waals surface area contributed by atoms with Gasteiger partial charge in [-0.2, -0.15) is 0 Å². The Balaban J connectivity index is 1.86. The van der Waals surface area contributed by atoms with E-state index in [2.05, 4.69) is 10.3 Å². The van der Waals surface area contributed by atoms with Crippen LogP contribution in [0.2, 0.25) is 0 Å². The highest BCUT2D eigenvalue weighted by atomic mass is 32.1. The van der Waals surface area contributed by atoms with E-state index in [1.165, 1.54) is 18.3 Å². The molecule has 4 rings (SSSR count). The molecule has 0 aliphatic heterocycles. The van der Waals surface area contributed by atoms with E-state index in [-0.39, 0.29) is 11.7 Å². The lowest BCUT2D eigenvalue weighted by atomic mass is 9.98. The van der Waals surface area contributed by atoms with Crippen molar-refractivity contribution in [3.05, 3.63) is 87.9 Å². The summed E-state index contributed by atoms with van der Waals surface area (Å²) in [6.45, 7) is 3.32. The van der Waals surface area contributed by atoms with E-state index < -0.39 is 0 Å². The molecule has 2 heterocycles. The van der Waals surface area contributed by atoms with Gasteiger partial charge in [0.05, 0.1) is 11.4 Å². The van der Waals surface area contributed by atoms with E-state index in [0.29, 0.717) is 43.3 Å². The maximum atomic E-state index is 12.9. The molecule has 0 atom stereocenters. The number of Topliss-reactive ketones (excluding diaryl/α,β-unsaturated/α-hetero) is 1. The van der Waals surface area contributed by atoms with Crippen LogP contribution >= 0.6 is 11.3 Å². The Morgan fingerprint density at radius 1 is 1.00 bits per heavy atom. The first-order valence-electron chi connectivity index (χ1n) is 9.78. The average molecular weight is 428 g/mol. The summed E-state index contributed by atoms with van der Waals surface area (Å²) in [5.41, 5.74) is 10.3. The second kappa shape index (κ2) is 8.53. The number of amides is 1. The summed E-state index contributed by atoms with van der Waals surface area (Å²) in [4.78, 5) is 30.9. The number of anilines is 2. The van der Waals surface area contributed by atoms with E-state index in [4.69, 9.17) is 5.73 Å². The van der Waals surface area contributed by atoms with Crippen LogP contribution in [0.5, 0.6) is 0 Å². The monoisotopic (exact) mass is 427 g/mol. The summed E-state index contributed by atoms with van der Waals surface area (Å²) in [5, 5.41) is 3.50. The van der Waals surface area contributed by atoms with Crippen LogP contribution in [-0.4, -0.2) is 16.7 Å². The van der Waals surface area contributed by atoms with E-state index in [1.54, 1.807) is 6.92 Å². The topological polar surface area (TPSA) is 85.1 Å². The fourth-order valence-corrected chi connectivity index (χ4v) is 4.58. The van der Waals surface area contributed by atoms with Gasteiger partial charge >= 0.3 is 0 Å². The molecule has 0 aliphatic rings. The number of aryl methyl sites for hydroxylation is 1. The molecule has 3 N–H and O–H groups in total. The second-order valence-corrected chi connectivity index (χ2v) is 8.13. The molecule has 154 valence electrons. The number of carbonyl (C=O) groups is 2. The van der Waals surface area contributed by atoms with Crippen molar-refractivity contribution in [2.24, 2.45) is 0 Å². The molecule has 0 bridgehead atoms. The summed E-state index contributed by atoms with van der Waals surface area (Å²) in [7, 11) is 0. The minimum absolute atomic E-state index is 0.0968. The van der Waals surface area contributed by atoms with Crippen molar-refractivity contribution in [2.75, 3.05) is 11.1 Å². The summed E-state index contributed by atoms with van der Waals surface area (Å²) >= 11 is 1.23. The number of para-hydroxylation sites is 1. The summed E-state index contributed by atoms with van der Waals surface area (Å²) < 4.78 is 0. The first-order valence-corrected chi connectivity index (χ1v) is 10.6. The van der Waals surface area contributed by atoms with E-state index in [1.807, 2.05) is 72.8 Å². The zero-order valence-corrected chi connectivity index (χ0v) is 18.0. The molecule has 31 heavy (non-hydrogen) atoms.